The van der Waals surface area contributed by atoms with Crippen molar-refractivity contribution in [2.24, 2.45) is 0 Å². The summed E-state index contributed by atoms with van der Waals surface area (Å²) in [5.74, 6) is -0.0326. The Kier molecular flexibility index (Phi) is 6.39. The molecule has 4 nitrogen and oxygen atoms in total. The van der Waals surface area contributed by atoms with Crippen LogP contribution in [-0.4, -0.2) is 35.1 Å². The van der Waals surface area contributed by atoms with Gasteiger partial charge in [-0.25, -0.2) is 0 Å². The Morgan fingerprint density at radius 1 is 1.00 bits per heavy atom. The molecular weight excluding hydrogens is 380 g/mol. The third kappa shape index (κ3) is 5.12. The molecule has 0 spiro atoms. The lowest BCUT2D eigenvalue weighted by molar-refractivity contribution is 0.0792. The highest BCUT2D eigenvalue weighted by Crippen LogP contribution is 2.28. The molecule has 0 aliphatic carbocycles. The number of hydrogen-bond acceptors (Lipinski definition) is 4. The molecule has 1 fully saturated rings. The van der Waals surface area contributed by atoms with E-state index in [9.17, 15) is 9.90 Å². The lowest BCUT2D eigenvalue weighted by Gasteiger charge is -2.29. The van der Waals surface area contributed by atoms with E-state index in [2.05, 4.69) is 34.5 Å². The number of hydrogen-bond donors (Lipinski definition) is 2. The smallest absolute Gasteiger partial charge is 0.262 e. The van der Waals surface area contributed by atoms with Crippen LogP contribution in [-0.2, 0) is 13.1 Å². The van der Waals surface area contributed by atoms with E-state index in [4.69, 9.17) is 0 Å². The van der Waals surface area contributed by atoms with Gasteiger partial charge in [-0.05, 0) is 41.0 Å². The summed E-state index contributed by atoms with van der Waals surface area (Å²) < 4.78 is 0. The molecule has 3 aromatic rings. The molecule has 0 radical (unpaired) electrons. The van der Waals surface area contributed by atoms with Crippen LogP contribution in [0.4, 0.5) is 0 Å². The van der Waals surface area contributed by atoms with E-state index >= 15 is 0 Å². The molecule has 1 aliphatic rings. The van der Waals surface area contributed by atoms with Crippen molar-refractivity contribution in [2.45, 2.75) is 32.0 Å². The maximum absolute atomic E-state index is 12.7. The van der Waals surface area contributed by atoms with Gasteiger partial charge >= 0.3 is 0 Å². The largest absolute Gasteiger partial charge is 0.393 e. The molecule has 2 aromatic carbocycles. The Balaban J connectivity index is 1.33. The summed E-state index contributed by atoms with van der Waals surface area (Å²) in [4.78, 5) is 15.8. The number of carbonyl (C=O) groups excluding carboxylic acids is 1. The zero-order valence-electron chi connectivity index (χ0n) is 16.4. The quantitative estimate of drug-likeness (QED) is 0.642. The predicted molar refractivity (Wildman–Crippen MR) is 118 cm³/mol. The normalized spacial score (nSPS) is 15.3. The number of carbonyl (C=O) groups is 1. The minimum absolute atomic E-state index is 0.0326. The van der Waals surface area contributed by atoms with E-state index < -0.39 is 0 Å². The van der Waals surface area contributed by atoms with Gasteiger partial charge in [0.2, 0.25) is 0 Å². The molecule has 0 atom stereocenters. The number of amides is 1. The second-order valence-corrected chi connectivity index (χ2v) is 8.45. The maximum atomic E-state index is 12.7. The average molecular weight is 407 g/mol. The van der Waals surface area contributed by atoms with Gasteiger partial charge in [-0.3, -0.25) is 9.69 Å². The molecule has 4 rings (SSSR count). The van der Waals surface area contributed by atoms with Crippen molar-refractivity contribution < 1.29 is 9.90 Å². The van der Waals surface area contributed by atoms with E-state index in [-0.39, 0.29) is 12.0 Å². The number of benzene rings is 2. The summed E-state index contributed by atoms with van der Waals surface area (Å²) in [7, 11) is 0. The van der Waals surface area contributed by atoms with Crippen LogP contribution in [0.15, 0.2) is 66.0 Å². The lowest BCUT2D eigenvalue weighted by Crippen LogP contribution is -2.35. The number of likely N-dealkylation sites (tertiary alicyclic amines) is 1. The first-order valence-electron chi connectivity index (χ1n) is 10.1. The number of rotatable bonds is 6. The molecule has 1 aliphatic heterocycles. The topological polar surface area (TPSA) is 52.6 Å². The van der Waals surface area contributed by atoms with Gasteiger partial charge in [0.05, 0.1) is 11.0 Å². The molecule has 0 saturated carbocycles. The molecule has 1 aromatic heterocycles. The standard InChI is InChI=1S/C24H26N2O2S/c27-21-10-13-26(14-11-21)17-19-8-6-18(7-9-19)16-25-24(28)23-22(12-15-29-23)20-4-2-1-3-5-20/h1-9,12,15,21,27H,10-11,13-14,16-17H2,(H,25,28). The summed E-state index contributed by atoms with van der Waals surface area (Å²) in [6, 6.07) is 20.4. The zero-order valence-corrected chi connectivity index (χ0v) is 17.2. The van der Waals surface area contributed by atoms with Crippen LogP contribution < -0.4 is 5.32 Å². The predicted octanol–water partition coefficient (Wildman–Crippen LogP) is 4.30. The number of thiophene rings is 1. The van der Waals surface area contributed by atoms with Crippen molar-refractivity contribution in [2.75, 3.05) is 13.1 Å². The van der Waals surface area contributed by atoms with Gasteiger partial charge in [0.1, 0.15) is 0 Å². The highest BCUT2D eigenvalue weighted by atomic mass is 32.1. The highest BCUT2D eigenvalue weighted by molar-refractivity contribution is 7.12. The fourth-order valence-electron chi connectivity index (χ4n) is 3.69. The van der Waals surface area contributed by atoms with Crippen LogP contribution >= 0.6 is 11.3 Å². The Morgan fingerprint density at radius 2 is 1.69 bits per heavy atom. The number of aliphatic hydroxyl groups is 1. The first kappa shape index (κ1) is 19.8. The van der Waals surface area contributed by atoms with Crippen molar-refractivity contribution in [3.63, 3.8) is 0 Å². The van der Waals surface area contributed by atoms with Crippen molar-refractivity contribution in [3.05, 3.63) is 82.0 Å². The van der Waals surface area contributed by atoms with Crippen LogP contribution in [0.1, 0.15) is 33.6 Å². The monoisotopic (exact) mass is 406 g/mol. The minimum Gasteiger partial charge on any atom is -0.393 e. The molecule has 1 saturated heterocycles. The number of aliphatic hydroxyl groups excluding tert-OH is 1. The van der Waals surface area contributed by atoms with Crippen LogP contribution in [0.3, 0.4) is 0 Å². The van der Waals surface area contributed by atoms with Gasteiger partial charge < -0.3 is 10.4 Å². The van der Waals surface area contributed by atoms with Crippen molar-refractivity contribution in [1.82, 2.24) is 10.2 Å². The van der Waals surface area contributed by atoms with Gasteiger partial charge in [0, 0.05) is 31.7 Å². The average Bonchev–Trinajstić information content (AvgIpc) is 3.25. The number of nitrogens with zero attached hydrogens (tertiary/aromatic N) is 1. The van der Waals surface area contributed by atoms with Gasteiger partial charge in [-0.2, -0.15) is 0 Å². The van der Waals surface area contributed by atoms with Crippen LogP contribution in [0.25, 0.3) is 11.1 Å². The third-order valence-electron chi connectivity index (χ3n) is 5.40. The van der Waals surface area contributed by atoms with Crippen molar-refractivity contribution >= 4 is 17.2 Å². The Hall–Kier alpha value is -2.47. The molecule has 150 valence electrons. The number of nitrogens with one attached hydrogen (secondary N) is 1. The fraction of sp³-hybridized carbons (Fsp3) is 0.292. The van der Waals surface area contributed by atoms with Crippen LogP contribution in [0, 0.1) is 0 Å². The molecule has 2 heterocycles. The first-order chi connectivity index (χ1) is 14.2. The summed E-state index contributed by atoms with van der Waals surface area (Å²) in [6.45, 7) is 3.32. The minimum atomic E-state index is -0.136. The molecule has 5 heteroatoms. The molecular formula is C24H26N2O2S. The molecule has 2 N–H and O–H groups in total. The van der Waals surface area contributed by atoms with E-state index in [1.807, 2.05) is 41.8 Å². The van der Waals surface area contributed by atoms with Gasteiger partial charge in [-0.15, -0.1) is 11.3 Å². The third-order valence-corrected chi connectivity index (χ3v) is 6.31. The van der Waals surface area contributed by atoms with E-state index in [0.717, 1.165) is 54.0 Å². The molecule has 1 amide bonds. The van der Waals surface area contributed by atoms with Crippen molar-refractivity contribution in [3.8, 4) is 11.1 Å². The van der Waals surface area contributed by atoms with Gasteiger partial charge in [0.15, 0.2) is 0 Å². The van der Waals surface area contributed by atoms with Crippen molar-refractivity contribution in [1.29, 1.82) is 0 Å². The second-order valence-electron chi connectivity index (χ2n) is 7.54. The highest BCUT2D eigenvalue weighted by Gasteiger charge is 2.17. The SMILES string of the molecule is O=C(NCc1ccc(CN2CCC(O)CC2)cc1)c1sccc1-c1ccccc1. The van der Waals surface area contributed by atoms with Gasteiger partial charge in [-0.1, -0.05) is 54.6 Å². The molecule has 29 heavy (non-hydrogen) atoms. The fourth-order valence-corrected chi connectivity index (χ4v) is 4.52. The van der Waals surface area contributed by atoms with Crippen LogP contribution in [0.2, 0.25) is 0 Å². The Morgan fingerprint density at radius 3 is 2.41 bits per heavy atom. The Bertz CT molecular complexity index is 929. The van der Waals surface area contributed by atoms with E-state index in [1.165, 1.54) is 16.9 Å². The maximum Gasteiger partial charge on any atom is 0.262 e. The summed E-state index contributed by atoms with van der Waals surface area (Å²) >= 11 is 1.47. The summed E-state index contributed by atoms with van der Waals surface area (Å²) in [6.07, 6.45) is 1.58. The Labute approximate surface area is 175 Å². The molecule has 0 bridgehead atoms. The zero-order chi connectivity index (χ0) is 20.1. The second kappa shape index (κ2) is 9.35. The molecule has 0 unspecified atom stereocenters. The lowest BCUT2D eigenvalue weighted by atomic mass is 10.1. The van der Waals surface area contributed by atoms with E-state index in [0.29, 0.717) is 6.54 Å². The summed E-state index contributed by atoms with van der Waals surface area (Å²) in [5, 5.41) is 14.6. The van der Waals surface area contributed by atoms with Crippen LogP contribution in [0.5, 0.6) is 0 Å². The first-order valence-corrected chi connectivity index (χ1v) is 11.0. The van der Waals surface area contributed by atoms with E-state index in [1.54, 1.807) is 0 Å². The van der Waals surface area contributed by atoms with Gasteiger partial charge in [0.25, 0.3) is 5.91 Å². The number of piperidine rings is 1. The summed E-state index contributed by atoms with van der Waals surface area (Å²) in [5.41, 5.74) is 4.40.